The molecule has 2 bridgehead atoms. The number of anilines is 1. The van der Waals surface area contributed by atoms with Crippen molar-refractivity contribution >= 4 is 33.2 Å². The number of nitrogens with zero attached hydrogens (tertiary/aromatic N) is 3. The normalized spacial score (nSPS) is 23.4. The molecule has 31 heavy (non-hydrogen) atoms. The van der Waals surface area contributed by atoms with E-state index in [1.54, 1.807) is 0 Å². The van der Waals surface area contributed by atoms with Crippen LogP contribution in [0.3, 0.4) is 0 Å². The van der Waals surface area contributed by atoms with Gasteiger partial charge in [0.2, 0.25) is 5.91 Å². The van der Waals surface area contributed by atoms with E-state index in [2.05, 4.69) is 10.3 Å². The highest BCUT2D eigenvalue weighted by Gasteiger charge is 2.45. The summed E-state index contributed by atoms with van der Waals surface area (Å²) >= 11 is 0. The van der Waals surface area contributed by atoms with Crippen molar-refractivity contribution in [3.8, 4) is 0 Å². The summed E-state index contributed by atoms with van der Waals surface area (Å²) in [6.07, 6.45) is 3.72. The van der Waals surface area contributed by atoms with E-state index in [4.69, 9.17) is 0 Å². The van der Waals surface area contributed by atoms with Crippen LogP contribution in [0.4, 0.5) is 19.3 Å². The lowest BCUT2D eigenvalue weighted by molar-refractivity contribution is -0.131. The Kier molecular flexibility index (Phi) is 4.33. The number of aromatic nitrogens is 1. The topological polar surface area (TPSA) is 99.7 Å². The average Bonchev–Trinajstić information content (AvgIpc) is 3.33. The van der Waals surface area contributed by atoms with Crippen LogP contribution in [-0.4, -0.2) is 53.7 Å². The number of sulfonamides is 1. The van der Waals surface area contributed by atoms with Gasteiger partial charge in [-0.05, 0) is 48.2 Å². The first-order valence-electron chi connectivity index (χ1n) is 9.50. The van der Waals surface area contributed by atoms with E-state index in [9.17, 15) is 26.8 Å². The van der Waals surface area contributed by atoms with E-state index in [0.717, 1.165) is 30.0 Å². The summed E-state index contributed by atoms with van der Waals surface area (Å²) in [5.41, 5.74) is 1.27. The molecule has 1 N–H and O–H groups in total. The molecule has 3 amide bonds. The second-order valence-corrected chi connectivity index (χ2v) is 9.45. The third kappa shape index (κ3) is 3.16. The van der Waals surface area contributed by atoms with Crippen LogP contribution in [0.2, 0.25) is 0 Å². The van der Waals surface area contributed by atoms with Crippen molar-refractivity contribution in [2.45, 2.75) is 17.4 Å². The number of hydrogen-bond donors (Lipinski definition) is 1. The first kappa shape index (κ1) is 19.6. The van der Waals surface area contributed by atoms with Crippen LogP contribution in [0.15, 0.2) is 47.5 Å². The number of carbonyl (C=O) groups is 2. The van der Waals surface area contributed by atoms with E-state index >= 15 is 0 Å². The van der Waals surface area contributed by atoms with Crippen LogP contribution < -0.4 is 5.32 Å². The Labute approximate surface area is 176 Å². The molecule has 5 rings (SSSR count). The maximum atomic E-state index is 13.6. The minimum Gasteiger partial charge on any atom is -0.333 e. The smallest absolute Gasteiger partial charge is 0.333 e. The van der Waals surface area contributed by atoms with Gasteiger partial charge in [-0.3, -0.25) is 9.78 Å². The zero-order valence-corrected chi connectivity index (χ0v) is 16.8. The quantitative estimate of drug-likeness (QED) is 0.779. The van der Waals surface area contributed by atoms with Crippen molar-refractivity contribution in [2.24, 2.45) is 5.92 Å². The predicted molar refractivity (Wildman–Crippen MR) is 105 cm³/mol. The summed E-state index contributed by atoms with van der Waals surface area (Å²) in [6, 6.07) is 4.49. The van der Waals surface area contributed by atoms with Gasteiger partial charge in [0.1, 0.15) is 23.1 Å². The first-order chi connectivity index (χ1) is 14.7. The molecule has 0 unspecified atom stereocenters. The highest BCUT2D eigenvalue weighted by molar-refractivity contribution is 7.90. The molecule has 0 radical (unpaired) electrons. The van der Waals surface area contributed by atoms with Gasteiger partial charge in [0.25, 0.3) is 10.0 Å². The molecule has 160 valence electrons. The fourth-order valence-electron chi connectivity index (χ4n) is 4.32. The Hall–Kier alpha value is -3.34. The number of nitrogens with one attached hydrogen (secondary N) is 1. The van der Waals surface area contributed by atoms with Gasteiger partial charge in [0.05, 0.1) is 23.6 Å². The lowest BCUT2D eigenvalue weighted by Crippen LogP contribution is -2.50. The van der Waals surface area contributed by atoms with Crippen LogP contribution in [0.25, 0.3) is 5.57 Å². The number of urea groups is 1. The molecule has 1 fully saturated rings. The lowest BCUT2D eigenvalue weighted by Gasteiger charge is -2.32. The summed E-state index contributed by atoms with van der Waals surface area (Å²) in [5, 5.41) is 2.38. The molecule has 2 atom stereocenters. The molecule has 1 saturated heterocycles. The average molecular weight is 446 g/mol. The second-order valence-electron chi connectivity index (χ2n) is 7.62. The molecule has 8 nitrogen and oxygen atoms in total. The maximum Gasteiger partial charge on any atom is 0.336 e. The minimum atomic E-state index is -4.40. The monoisotopic (exact) mass is 446 g/mol. The highest BCUT2D eigenvalue weighted by atomic mass is 32.2. The summed E-state index contributed by atoms with van der Waals surface area (Å²) in [4.78, 5) is 30.6. The third-order valence-corrected chi connectivity index (χ3v) is 7.48. The van der Waals surface area contributed by atoms with Crippen molar-refractivity contribution < 1.29 is 26.8 Å². The van der Waals surface area contributed by atoms with Crippen LogP contribution in [0.1, 0.15) is 12.1 Å². The number of rotatable bonds is 3. The standard InChI is InChI=1S/C20H16F2N4O4S/c21-12-1-4-16-18(7-12)31(29,30)26(20(28)24-16)10-19(27)25-9-11-5-14(17(25)6-11)15-3-2-13(22)8-23-15/h1-5,7-8,11,17H,6,9-10H2,(H,24,28)/t11-,17+/m1/s1. The Morgan fingerprint density at radius 2 is 1.97 bits per heavy atom. The maximum absolute atomic E-state index is 13.6. The van der Waals surface area contributed by atoms with Crippen LogP contribution in [0, 0.1) is 17.6 Å². The van der Waals surface area contributed by atoms with Crippen LogP contribution in [-0.2, 0) is 14.8 Å². The molecule has 0 saturated carbocycles. The van der Waals surface area contributed by atoms with E-state index in [-0.39, 0.29) is 17.6 Å². The van der Waals surface area contributed by atoms with Gasteiger partial charge in [-0.1, -0.05) is 6.08 Å². The van der Waals surface area contributed by atoms with Gasteiger partial charge >= 0.3 is 6.03 Å². The number of halogens is 2. The number of hydrogen-bond acceptors (Lipinski definition) is 5. The number of likely N-dealkylation sites (tertiary alicyclic amines) is 1. The molecule has 2 aliphatic heterocycles. The van der Waals surface area contributed by atoms with Gasteiger partial charge in [-0.2, -0.15) is 0 Å². The predicted octanol–water partition coefficient (Wildman–Crippen LogP) is 2.21. The zero-order chi connectivity index (χ0) is 21.9. The fourth-order valence-corrected chi connectivity index (χ4v) is 5.76. The van der Waals surface area contributed by atoms with E-state index in [1.165, 1.54) is 17.0 Å². The first-order valence-corrected chi connectivity index (χ1v) is 10.9. The third-order valence-electron chi connectivity index (χ3n) is 5.71. The van der Waals surface area contributed by atoms with Crippen molar-refractivity contribution in [1.29, 1.82) is 0 Å². The Morgan fingerprint density at radius 1 is 1.19 bits per heavy atom. The number of pyridine rings is 1. The van der Waals surface area contributed by atoms with Gasteiger partial charge in [0.15, 0.2) is 0 Å². The molecular weight excluding hydrogens is 430 g/mol. The largest absolute Gasteiger partial charge is 0.336 e. The molecule has 0 spiro atoms. The summed E-state index contributed by atoms with van der Waals surface area (Å²) in [5.74, 6) is -1.74. The number of fused-ring (bicyclic) bond motifs is 3. The Balaban J connectivity index is 1.39. The summed E-state index contributed by atoms with van der Waals surface area (Å²) in [6.45, 7) is -0.327. The van der Waals surface area contributed by atoms with Crippen LogP contribution >= 0.6 is 0 Å². The number of benzene rings is 1. The van der Waals surface area contributed by atoms with Gasteiger partial charge in [-0.15, -0.1) is 0 Å². The second kappa shape index (κ2) is 6.84. The molecule has 1 aliphatic carbocycles. The van der Waals surface area contributed by atoms with Crippen molar-refractivity contribution in [2.75, 3.05) is 18.4 Å². The van der Waals surface area contributed by atoms with E-state index in [1.807, 2.05) is 6.08 Å². The molecule has 3 heterocycles. The molecular formula is C20H16F2N4O4S. The molecule has 1 aromatic heterocycles. The van der Waals surface area contributed by atoms with Crippen molar-refractivity contribution in [3.05, 3.63) is 59.9 Å². The summed E-state index contributed by atoms with van der Waals surface area (Å²) in [7, 11) is -4.40. The van der Waals surface area contributed by atoms with E-state index < -0.39 is 45.0 Å². The van der Waals surface area contributed by atoms with Gasteiger partial charge in [0, 0.05) is 6.54 Å². The van der Waals surface area contributed by atoms with Crippen molar-refractivity contribution in [3.63, 3.8) is 0 Å². The van der Waals surface area contributed by atoms with Gasteiger partial charge < -0.3 is 10.2 Å². The summed E-state index contributed by atoms with van der Waals surface area (Å²) < 4.78 is 52.9. The van der Waals surface area contributed by atoms with Crippen molar-refractivity contribution in [1.82, 2.24) is 14.2 Å². The van der Waals surface area contributed by atoms with E-state index in [0.29, 0.717) is 23.0 Å². The number of carbonyl (C=O) groups excluding carboxylic acids is 2. The zero-order valence-electron chi connectivity index (χ0n) is 16.0. The van der Waals surface area contributed by atoms with Crippen LogP contribution in [0.5, 0.6) is 0 Å². The number of amides is 3. The molecule has 1 aromatic carbocycles. The Bertz CT molecular complexity index is 1250. The van der Waals surface area contributed by atoms with Gasteiger partial charge in [-0.25, -0.2) is 26.3 Å². The minimum absolute atomic E-state index is 0.0390. The SMILES string of the molecule is O=C(CN1C(=O)Nc2ccc(F)cc2S1(=O)=O)N1C[C@@H]2C=C(c3ccc(F)cn3)[C@@H]1C2. The molecule has 3 aliphatic rings. The lowest BCUT2D eigenvalue weighted by atomic mass is 10.0. The molecule has 11 heteroatoms. The Morgan fingerprint density at radius 3 is 2.68 bits per heavy atom. The fraction of sp³-hybridized carbons (Fsp3) is 0.250. The molecule has 2 aromatic rings. The highest BCUT2D eigenvalue weighted by Crippen LogP contribution is 2.41.